The highest BCUT2D eigenvalue weighted by Crippen LogP contribution is 2.36. The molecule has 0 aliphatic carbocycles. The van der Waals surface area contributed by atoms with Crippen LogP contribution in [0.4, 0.5) is 0 Å². The van der Waals surface area contributed by atoms with Crippen LogP contribution in [0.3, 0.4) is 0 Å². The van der Waals surface area contributed by atoms with Crippen molar-refractivity contribution in [2.75, 3.05) is 27.6 Å². The average Bonchev–Trinajstić information content (AvgIpc) is 3.14. The Morgan fingerprint density at radius 3 is 2.65 bits per heavy atom. The van der Waals surface area contributed by atoms with Gasteiger partial charge in [-0.2, -0.15) is 0 Å². The Hall–Kier alpha value is -3.15. The largest absolute Gasteiger partial charge is 0.493 e. The van der Waals surface area contributed by atoms with Crippen molar-refractivity contribution >= 4 is 11.5 Å². The third-order valence-electron chi connectivity index (χ3n) is 4.54. The van der Waals surface area contributed by atoms with Crippen LogP contribution in [0.15, 0.2) is 36.4 Å². The summed E-state index contributed by atoms with van der Waals surface area (Å²) in [4.78, 5) is 12.7. The number of ether oxygens (including phenoxy) is 4. The lowest BCUT2D eigenvalue weighted by molar-refractivity contribution is 0.104. The van der Waals surface area contributed by atoms with Gasteiger partial charge in [0, 0.05) is 29.4 Å². The molecule has 134 valence electrons. The standard InChI is InChI=1S/C20H19NO5/c1-23-18-7-12-5-6-21-15(14(12)9-19(18)24-2)10-16(22)13-3-4-17-20(8-13)26-11-25-17/h3-4,7-10,21H,5-6,11H2,1-2H3. The molecule has 2 heterocycles. The highest BCUT2D eigenvalue weighted by Gasteiger charge is 2.20. The molecule has 2 aliphatic rings. The molecule has 0 bridgehead atoms. The number of ketones is 1. The van der Waals surface area contributed by atoms with Crippen LogP contribution in [0.5, 0.6) is 23.0 Å². The van der Waals surface area contributed by atoms with Gasteiger partial charge in [0.05, 0.1) is 14.2 Å². The topological polar surface area (TPSA) is 66.0 Å². The van der Waals surface area contributed by atoms with E-state index in [2.05, 4.69) is 5.32 Å². The normalized spacial score (nSPS) is 16.0. The van der Waals surface area contributed by atoms with Gasteiger partial charge in [-0.05, 0) is 42.3 Å². The second kappa shape index (κ2) is 6.63. The van der Waals surface area contributed by atoms with E-state index in [1.54, 1.807) is 38.5 Å². The number of allylic oxidation sites excluding steroid dienone is 1. The number of hydrogen-bond acceptors (Lipinski definition) is 6. The summed E-state index contributed by atoms with van der Waals surface area (Å²) in [6.07, 6.45) is 2.46. The van der Waals surface area contributed by atoms with Gasteiger partial charge in [-0.25, -0.2) is 0 Å². The maximum Gasteiger partial charge on any atom is 0.231 e. The predicted octanol–water partition coefficient (Wildman–Crippen LogP) is 2.80. The van der Waals surface area contributed by atoms with Crippen LogP contribution >= 0.6 is 0 Å². The Balaban J connectivity index is 1.69. The van der Waals surface area contributed by atoms with E-state index in [1.807, 2.05) is 12.1 Å². The molecule has 2 aromatic carbocycles. The first-order valence-corrected chi connectivity index (χ1v) is 8.34. The molecule has 0 spiro atoms. The smallest absolute Gasteiger partial charge is 0.231 e. The van der Waals surface area contributed by atoms with Crippen LogP contribution in [0.1, 0.15) is 21.5 Å². The first-order valence-electron chi connectivity index (χ1n) is 8.34. The summed E-state index contributed by atoms with van der Waals surface area (Å²) in [5, 5.41) is 3.31. The van der Waals surface area contributed by atoms with Gasteiger partial charge in [0.2, 0.25) is 6.79 Å². The Labute approximate surface area is 151 Å². The Morgan fingerprint density at radius 2 is 1.85 bits per heavy atom. The van der Waals surface area contributed by atoms with Crippen LogP contribution in [-0.2, 0) is 6.42 Å². The number of fused-ring (bicyclic) bond motifs is 2. The molecule has 0 fully saturated rings. The van der Waals surface area contributed by atoms with Gasteiger partial charge in [0.15, 0.2) is 28.8 Å². The molecular formula is C20H19NO5. The minimum atomic E-state index is -0.103. The van der Waals surface area contributed by atoms with E-state index in [0.29, 0.717) is 28.6 Å². The molecule has 0 atom stereocenters. The van der Waals surface area contributed by atoms with Gasteiger partial charge in [-0.15, -0.1) is 0 Å². The fourth-order valence-electron chi connectivity index (χ4n) is 3.20. The van der Waals surface area contributed by atoms with E-state index in [4.69, 9.17) is 18.9 Å². The van der Waals surface area contributed by atoms with E-state index in [1.165, 1.54) is 0 Å². The highest BCUT2D eigenvalue weighted by atomic mass is 16.7. The van der Waals surface area contributed by atoms with Gasteiger partial charge >= 0.3 is 0 Å². The molecule has 0 saturated heterocycles. The van der Waals surface area contributed by atoms with E-state index >= 15 is 0 Å². The molecule has 0 aromatic heterocycles. The van der Waals surface area contributed by atoms with Gasteiger partial charge in [-0.1, -0.05) is 0 Å². The fourth-order valence-corrected chi connectivity index (χ4v) is 3.20. The number of hydrogen-bond donors (Lipinski definition) is 1. The lowest BCUT2D eigenvalue weighted by Gasteiger charge is -2.23. The summed E-state index contributed by atoms with van der Waals surface area (Å²) in [6.45, 7) is 0.938. The van der Waals surface area contributed by atoms with Crippen molar-refractivity contribution in [3.05, 3.63) is 53.1 Å². The monoisotopic (exact) mass is 353 g/mol. The summed E-state index contributed by atoms with van der Waals surface area (Å²) in [7, 11) is 3.22. The van der Waals surface area contributed by atoms with Crippen molar-refractivity contribution in [1.29, 1.82) is 0 Å². The molecular weight excluding hydrogens is 334 g/mol. The van der Waals surface area contributed by atoms with Crippen LogP contribution in [0.25, 0.3) is 5.70 Å². The van der Waals surface area contributed by atoms with Crippen molar-refractivity contribution in [3.63, 3.8) is 0 Å². The zero-order chi connectivity index (χ0) is 18.1. The minimum Gasteiger partial charge on any atom is -0.493 e. The number of carbonyl (C=O) groups excluding carboxylic acids is 1. The van der Waals surface area contributed by atoms with E-state index in [0.717, 1.165) is 29.8 Å². The number of benzene rings is 2. The predicted molar refractivity (Wildman–Crippen MR) is 96.1 cm³/mol. The maximum absolute atomic E-state index is 12.7. The van der Waals surface area contributed by atoms with Crippen molar-refractivity contribution in [3.8, 4) is 23.0 Å². The second-order valence-corrected chi connectivity index (χ2v) is 6.03. The molecule has 26 heavy (non-hydrogen) atoms. The van der Waals surface area contributed by atoms with Crippen molar-refractivity contribution in [2.24, 2.45) is 0 Å². The van der Waals surface area contributed by atoms with Gasteiger partial charge < -0.3 is 24.3 Å². The van der Waals surface area contributed by atoms with Gasteiger partial charge in [0.1, 0.15) is 0 Å². The number of rotatable bonds is 4. The molecule has 0 saturated carbocycles. The van der Waals surface area contributed by atoms with Crippen LogP contribution in [-0.4, -0.2) is 33.3 Å². The SMILES string of the molecule is COc1cc2c(cc1OC)C(=CC(=O)c1ccc3c(c1)OCO3)NCC2. The highest BCUT2D eigenvalue weighted by molar-refractivity contribution is 6.09. The zero-order valence-electron chi connectivity index (χ0n) is 14.6. The molecule has 0 unspecified atom stereocenters. The van der Waals surface area contributed by atoms with Crippen molar-refractivity contribution in [1.82, 2.24) is 5.32 Å². The van der Waals surface area contributed by atoms with E-state index in [-0.39, 0.29) is 12.6 Å². The quantitative estimate of drug-likeness (QED) is 0.674. The summed E-state index contributed by atoms with van der Waals surface area (Å²) in [5.74, 6) is 2.48. The van der Waals surface area contributed by atoms with Gasteiger partial charge in [-0.3, -0.25) is 4.79 Å². The molecule has 6 nitrogen and oxygen atoms in total. The first kappa shape index (κ1) is 16.3. The van der Waals surface area contributed by atoms with E-state index < -0.39 is 0 Å². The summed E-state index contributed by atoms with van der Waals surface area (Å²) >= 11 is 0. The molecule has 4 rings (SSSR count). The molecule has 2 aliphatic heterocycles. The third-order valence-corrected chi connectivity index (χ3v) is 4.54. The van der Waals surface area contributed by atoms with Crippen molar-refractivity contribution < 1.29 is 23.7 Å². The number of methoxy groups -OCH3 is 2. The Morgan fingerprint density at radius 1 is 1.08 bits per heavy atom. The Bertz CT molecular complexity index is 903. The van der Waals surface area contributed by atoms with Crippen LogP contribution in [0, 0.1) is 0 Å². The fraction of sp³-hybridized carbons (Fsp3) is 0.250. The van der Waals surface area contributed by atoms with Gasteiger partial charge in [0.25, 0.3) is 0 Å². The van der Waals surface area contributed by atoms with E-state index in [9.17, 15) is 4.79 Å². The molecule has 0 radical (unpaired) electrons. The molecule has 1 N–H and O–H groups in total. The van der Waals surface area contributed by atoms with Crippen LogP contribution in [0.2, 0.25) is 0 Å². The number of carbonyl (C=O) groups is 1. The maximum atomic E-state index is 12.7. The Kier molecular flexibility index (Phi) is 4.16. The molecule has 0 amide bonds. The zero-order valence-corrected chi connectivity index (χ0v) is 14.6. The minimum absolute atomic E-state index is 0.103. The van der Waals surface area contributed by atoms with Crippen molar-refractivity contribution in [2.45, 2.75) is 6.42 Å². The van der Waals surface area contributed by atoms with Crippen LogP contribution < -0.4 is 24.3 Å². The summed E-state index contributed by atoms with van der Waals surface area (Å²) in [6, 6.07) is 9.07. The second-order valence-electron chi connectivity index (χ2n) is 6.03. The molecule has 2 aromatic rings. The molecule has 6 heteroatoms. The number of nitrogens with one attached hydrogen (secondary N) is 1. The third kappa shape index (κ3) is 2.83. The average molecular weight is 353 g/mol. The lowest BCUT2D eigenvalue weighted by atomic mass is 9.95. The summed E-state index contributed by atoms with van der Waals surface area (Å²) < 4.78 is 21.4. The summed E-state index contributed by atoms with van der Waals surface area (Å²) in [5.41, 5.74) is 3.39. The first-order chi connectivity index (χ1) is 12.7. The lowest BCUT2D eigenvalue weighted by Crippen LogP contribution is -2.23.